The summed E-state index contributed by atoms with van der Waals surface area (Å²) in [7, 11) is 0. The van der Waals surface area contributed by atoms with Gasteiger partial charge in [0.1, 0.15) is 6.10 Å². The number of unbranched alkanes of at least 4 members (excludes halogenated alkanes) is 11. The van der Waals surface area contributed by atoms with E-state index in [-0.39, 0.29) is 32.1 Å². The van der Waals surface area contributed by atoms with Gasteiger partial charge in [-0.2, -0.15) is 0 Å². The number of ether oxygens (including phenoxy) is 2. The van der Waals surface area contributed by atoms with Gasteiger partial charge in [0.05, 0.1) is 26.2 Å². The van der Waals surface area contributed by atoms with Crippen molar-refractivity contribution in [1.82, 2.24) is 10.6 Å². The number of rotatable bonds is 28. The third kappa shape index (κ3) is 22.4. The zero-order valence-corrected chi connectivity index (χ0v) is 28.5. The number of esters is 1. The second-order valence-corrected chi connectivity index (χ2v) is 12.7. The van der Waals surface area contributed by atoms with Crippen molar-refractivity contribution in [3.8, 4) is 0 Å². The van der Waals surface area contributed by atoms with Crippen LogP contribution in [0.25, 0.3) is 0 Å². The first-order valence-corrected chi connectivity index (χ1v) is 17.4. The minimum absolute atomic E-state index is 0.00519. The second-order valence-electron chi connectivity index (χ2n) is 12.7. The summed E-state index contributed by atoms with van der Waals surface area (Å²) in [4.78, 5) is 36.4. The highest BCUT2D eigenvalue weighted by Crippen LogP contribution is 2.22. The number of aliphatic hydroxyl groups is 1. The highest BCUT2D eigenvalue weighted by Gasteiger charge is 2.33. The smallest absolute Gasteiger partial charge is 0.307 e. The number of allylic oxidation sites excluding steroid dienone is 2. The van der Waals surface area contributed by atoms with E-state index in [1.54, 1.807) is 13.8 Å². The Hall–Kier alpha value is -2.71. The SMILES string of the molecule is CCCCCCCCC=CCCCCCCCC(=O)NCCCOC(=O)CCNC(=O)C(O)C(C)(C)COCc1ccccc1. The van der Waals surface area contributed by atoms with Gasteiger partial charge in [0, 0.05) is 24.9 Å². The quantitative estimate of drug-likeness (QED) is 0.0513. The largest absolute Gasteiger partial charge is 0.466 e. The van der Waals surface area contributed by atoms with Gasteiger partial charge in [-0.3, -0.25) is 14.4 Å². The molecule has 0 aliphatic carbocycles. The highest BCUT2D eigenvalue weighted by molar-refractivity contribution is 5.82. The van der Waals surface area contributed by atoms with Crippen LogP contribution in [-0.4, -0.2) is 55.3 Å². The Morgan fingerprint density at radius 3 is 2.09 bits per heavy atom. The molecule has 0 saturated heterocycles. The molecule has 2 amide bonds. The number of aliphatic hydroxyl groups excluding tert-OH is 1. The molecule has 0 bridgehead atoms. The van der Waals surface area contributed by atoms with E-state index in [2.05, 4.69) is 29.7 Å². The van der Waals surface area contributed by atoms with Crippen molar-refractivity contribution >= 4 is 17.8 Å². The molecule has 1 aromatic rings. The first kappa shape index (κ1) is 40.3. The van der Waals surface area contributed by atoms with E-state index in [0.717, 1.165) is 31.2 Å². The van der Waals surface area contributed by atoms with Crippen LogP contribution in [0.5, 0.6) is 0 Å². The average Bonchev–Trinajstić information content (AvgIpc) is 3.02. The van der Waals surface area contributed by atoms with Crippen molar-refractivity contribution in [2.24, 2.45) is 5.41 Å². The van der Waals surface area contributed by atoms with E-state index < -0.39 is 23.4 Å². The van der Waals surface area contributed by atoms with Crippen molar-refractivity contribution in [3.05, 3.63) is 48.0 Å². The summed E-state index contributed by atoms with van der Waals surface area (Å²) < 4.78 is 10.9. The van der Waals surface area contributed by atoms with E-state index in [1.807, 2.05) is 30.3 Å². The maximum absolute atomic E-state index is 12.4. The molecular weight excluding hydrogens is 568 g/mol. The molecule has 1 rings (SSSR count). The molecule has 45 heavy (non-hydrogen) atoms. The van der Waals surface area contributed by atoms with Crippen molar-refractivity contribution < 1.29 is 29.0 Å². The summed E-state index contributed by atoms with van der Waals surface area (Å²) in [5.41, 5.74) is 0.218. The van der Waals surface area contributed by atoms with Crippen LogP contribution >= 0.6 is 0 Å². The summed E-state index contributed by atoms with van der Waals surface area (Å²) >= 11 is 0. The van der Waals surface area contributed by atoms with Gasteiger partial charge in [0.25, 0.3) is 0 Å². The first-order chi connectivity index (χ1) is 21.8. The molecule has 8 heteroatoms. The fourth-order valence-corrected chi connectivity index (χ4v) is 4.83. The molecule has 256 valence electrons. The van der Waals surface area contributed by atoms with Gasteiger partial charge in [-0.15, -0.1) is 0 Å². The third-order valence-electron chi connectivity index (χ3n) is 7.77. The molecule has 0 aliphatic rings. The average molecular weight is 631 g/mol. The molecule has 0 spiro atoms. The normalized spacial score (nSPS) is 12.3. The Bertz CT molecular complexity index is 934. The van der Waals surface area contributed by atoms with Crippen LogP contribution in [0.1, 0.15) is 129 Å². The summed E-state index contributed by atoms with van der Waals surface area (Å²) in [6.45, 7) is 7.10. The fraction of sp³-hybridized carbons (Fsp3) is 0.703. The number of hydrogen-bond acceptors (Lipinski definition) is 6. The molecule has 8 nitrogen and oxygen atoms in total. The first-order valence-electron chi connectivity index (χ1n) is 17.4. The fourth-order valence-electron chi connectivity index (χ4n) is 4.83. The Morgan fingerprint density at radius 2 is 1.42 bits per heavy atom. The van der Waals surface area contributed by atoms with Crippen LogP contribution in [0.3, 0.4) is 0 Å². The topological polar surface area (TPSA) is 114 Å². The maximum atomic E-state index is 12.4. The monoisotopic (exact) mass is 630 g/mol. The molecule has 0 aromatic heterocycles. The Kier molecular flexibility index (Phi) is 23.7. The summed E-state index contributed by atoms with van der Waals surface area (Å²) in [6, 6.07) is 9.68. The molecule has 0 aliphatic heterocycles. The molecule has 0 saturated carbocycles. The Morgan fingerprint density at radius 1 is 0.800 bits per heavy atom. The molecular formula is C37H62N2O6. The van der Waals surface area contributed by atoms with E-state index in [4.69, 9.17) is 9.47 Å². The lowest BCUT2D eigenvalue weighted by Crippen LogP contribution is -2.46. The van der Waals surface area contributed by atoms with Gasteiger partial charge < -0.3 is 25.2 Å². The number of hydrogen-bond donors (Lipinski definition) is 3. The maximum Gasteiger partial charge on any atom is 0.307 e. The number of carbonyl (C=O) groups excluding carboxylic acids is 3. The molecule has 1 atom stereocenters. The summed E-state index contributed by atoms with van der Waals surface area (Å²) in [5.74, 6) is -0.950. The Balaban J connectivity index is 1.95. The number of nitrogens with one attached hydrogen (secondary N) is 2. The zero-order valence-electron chi connectivity index (χ0n) is 28.5. The predicted molar refractivity (Wildman–Crippen MR) is 182 cm³/mol. The number of benzene rings is 1. The van der Waals surface area contributed by atoms with E-state index >= 15 is 0 Å². The van der Waals surface area contributed by atoms with Crippen LogP contribution in [0, 0.1) is 5.41 Å². The minimum atomic E-state index is -1.28. The number of amides is 2. The standard InChI is InChI=1S/C37H62N2O6/c1-4-5-6-7-8-9-10-11-12-13-14-15-16-17-21-25-33(40)38-27-22-29-45-34(41)26-28-39-36(43)35(42)37(2,3)31-44-30-32-23-19-18-20-24-32/h11-12,18-20,23-24,35,42H,4-10,13-17,21-22,25-31H2,1-3H3,(H,38,40)(H,39,43). The van der Waals surface area contributed by atoms with Crippen LogP contribution < -0.4 is 10.6 Å². The van der Waals surface area contributed by atoms with Crippen molar-refractivity contribution in [1.29, 1.82) is 0 Å². The van der Waals surface area contributed by atoms with Gasteiger partial charge >= 0.3 is 5.97 Å². The van der Waals surface area contributed by atoms with Gasteiger partial charge in [0.15, 0.2) is 0 Å². The van der Waals surface area contributed by atoms with Crippen molar-refractivity contribution in [2.45, 2.75) is 136 Å². The lowest BCUT2D eigenvalue weighted by molar-refractivity contribution is -0.144. The predicted octanol–water partition coefficient (Wildman–Crippen LogP) is 7.18. The van der Waals surface area contributed by atoms with Crippen molar-refractivity contribution in [2.75, 3.05) is 26.3 Å². The van der Waals surface area contributed by atoms with Crippen molar-refractivity contribution in [3.63, 3.8) is 0 Å². The van der Waals surface area contributed by atoms with Crippen LogP contribution in [0.2, 0.25) is 0 Å². The lowest BCUT2D eigenvalue weighted by Gasteiger charge is -2.29. The van der Waals surface area contributed by atoms with Gasteiger partial charge in [-0.1, -0.05) is 115 Å². The highest BCUT2D eigenvalue weighted by atomic mass is 16.5. The minimum Gasteiger partial charge on any atom is -0.466 e. The zero-order chi connectivity index (χ0) is 33.0. The molecule has 1 aromatic carbocycles. The van der Waals surface area contributed by atoms with E-state index in [0.29, 0.717) is 26.0 Å². The lowest BCUT2D eigenvalue weighted by atomic mass is 9.87. The molecule has 1 unspecified atom stereocenters. The molecule has 0 radical (unpaired) electrons. The molecule has 3 N–H and O–H groups in total. The third-order valence-corrected chi connectivity index (χ3v) is 7.77. The summed E-state index contributed by atoms with van der Waals surface area (Å²) in [6.07, 6.45) is 20.5. The van der Waals surface area contributed by atoms with Gasteiger partial charge in [0.2, 0.25) is 11.8 Å². The van der Waals surface area contributed by atoms with Crippen LogP contribution in [-0.2, 0) is 30.5 Å². The van der Waals surface area contributed by atoms with Gasteiger partial charge in [-0.25, -0.2) is 0 Å². The Labute approximate surface area is 273 Å². The number of carbonyl (C=O) groups is 3. The van der Waals surface area contributed by atoms with Gasteiger partial charge in [-0.05, 0) is 44.1 Å². The summed E-state index contributed by atoms with van der Waals surface area (Å²) in [5, 5.41) is 15.9. The molecule has 0 fully saturated rings. The van der Waals surface area contributed by atoms with E-state index in [9.17, 15) is 19.5 Å². The van der Waals surface area contributed by atoms with Crippen LogP contribution in [0.4, 0.5) is 0 Å². The van der Waals surface area contributed by atoms with E-state index in [1.165, 1.54) is 57.8 Å². The van der Waals surface area contributed by atoms with Crippen LogP contribution in [0.15, 0.2) is 42.5 Å². The molecule has 0 heterocycles. The second kappa shape index (κ2) is 26.5.